The Morgan fingerprint density at radius 1 is 0.418 bits per heavy atom. The molecule has 4 fully saturated rings. The Balaban J connectivity index is 1.23. The molecule has 0 saturated carbocycles. The summed E-state index contributed by atoms with van der Waals surface area (Å²) < 4.78 is 0. The van der Waals surface area contributed by atoms with Gasteiger partial charge in [-0.2, -0.15) is 10.1 Å². The number of nitrogens with one attached hydrogen (secondary N) is 8. The molecule has 0 spiro atoms. The van der Waals surface area contributed by atoms with E-state index in [1.54, 1.807) is 9.80 Å². The number of hydrogen-bond donors (Lipinski definition) is 20. The third-order valence-corrected chi connectivity index (χ3v) is 20.6. The number of hydroxylamine groups is 4. The first-order valence-corrected chi connectivity index (χ1v) is 40.5. The number of hydrogen-bond acceptors (Lipinski definition) is 28. The molecular formula is C76H116N22O24. The first-order valence-electron chi connectivity index (χ1n) is 40.5. The van der Waals surface area contributed by atoms with E-state index in [-0.39, 0.29) is 166 Å². The first-order chi connectivity index (χ1) is 58.1. The van der Waals surface area contributed by atoms with Crippen molar-refractivity contribution in [2.75, 3.05) is 105 Å². The van der Waals surface area contributed by atoms with Gasteiger partial charge in [0.15, 0.2) is 11.9 Å². The minimum absolute atomic E-state index is 0.0915. The van der Waals surface area contributed by atoms with E-state index >= 15 is 9.59 Å². The summed E-state index contributed by atoms with van der Waals surface area (Å²) in [7, 11) is 0. The van der Waals surface area contributed by atoms with Crippen LogP contribution in [0.4, 0.5) is 0 Å². The van der Waals surface area contributed by atoms with Crippen molar-refractivity contribution >= 4 is 107 Å². The van der Waals surface area contributed by atoms with Crippen molar-refractivity contribution in [1.82, 2.24) is 72.3 Å². The van der Waals surface area contributed by atoms with Crippen LogP contribution in [0.25, 0.3) is 0 Å². The molecule has 46 heteroatoms. The van der Waals surface area contributed by atoms with E-state index in [2.05, 4.69) is 62.3 Å². The van der Waals surface area contributed by atoms with Gasteiger partial charge in [-0.05, 0) is 151 Å². The number of carbonyl (C=O) groups is 16. The summed E-state index contributed by atoms with van der Waals surface area (Å²) >= 11 is 0. The van der Waals surface area contributed by atoms with Crippen LogP contribution in [-0.2, 0) is 99.2 Å². The van der Waals surface area contributed by atoms with Crippen molar-refractivity contribution in [2.24, 2.45) is 44.4 Å². The minimum atomic E-state index is -1.84. The smallest absolute Gasteiger partial charge is 0.332 e. The van der Waals surface area contributed by atoms with E-state index < -0.39 is 207 Å². The molecule has 46 nitrogen and oxygen atoms in total. The molecule has 2 aromatic carbocycles. The number of nitrogens with two attached hydrogens (primary N) is 6. The molecule has 0 radical (unpaired) electrons. The van der Waals surface area contributed by atoms with Crippen LogP contribution < -0.4 is 76.9 Å². The Morgan fingerprint density at radius 3 is 1.10 bits per heavy atom. The van der Waals surface area contributed by atoms with Gasteiger partial charge >= 0.3 is 35.8 Å². The van der Waals surface area contributed by atoms with Crippen molar-refractivity contribution in [2.45, 2.75) is 189 Å². The van der Waals surface area contributed by atoms with Gasteiger partial charge in [0.2, 0.25) is 47.3 Å². The van der Waals surface area contributed by atoms with Crippen molar-refractivity contribution in [3.63, 3.8) is 0 Å². The number of carbonyl (C=O) groups excluding carboxylic acids is 12. The molecule has 4 aliphatic heterocycles. The number of rotatable bonds is 36. The molecule has 0 aromatic heterocycles. The lowest BCUT2D eigenvalue weighted by Crippen LogP contribution is -2.59. The fraction of sp³-hybridized carbons (Fsp3) is 0.605. The van der Waals surface area contributed by atoms with E-state index in [1.165, 1.54) is 48.5 Å². The topological polar surface area (TPSA) is 709 Å². The zero-order chi connectivity index (χ0) is 89.5. The Kier molecular flexibility index (Phi) is 41.1. The maximum Gasteiger partial charge on any atom is 0.332 e. The van der Waals surface area contributed by atoms with Crippen LogP contribution >= 0.6 is 0 Å². The van der Waals surface area contributed by atoms with Crippen LogP contribution in [0.1, 0.15) is 127 Å². The van der Waals surface area contributed by atoms with E-state index in [0.29, 0.717) is 60.3 Å². The zero-order valence-electron chi connectivity index (χ0n) is 67.9. The second-order valence-corrected chi connectivity index (χ2v) is 29.9. The molecule has 6 rings (SSSR count). The number of phenols is 2. The molecule has 12 atom stereocenters. The average molecular weight is 1720 g/mol. The van der Waals surface area contributed by atoms with Gasteiger partial charge in [-0.3, -0.25) is 86.9 Å². The summed E-state index contributed by atoms with van der Waals surface area (Å²) in [5.41, 5.74) is 34.8. The van der Waals surface area contributed by atoms with Crippen LogP contribution in [0.2, 0.25) is 0 Å². The van der Waals surface area contributed by atoms with Gasteiger partial charge in [-0.15, -0.1) is 0 Å². The molecule has 10 amide bonds. The van der Waals surface area contributed by atoms with Gasteiger partial charge in [0.1, 0.15) is 71.9 Å². The number of guanidine groups is 2. The predicted octanol–water partition coefficient (Wildman–Crippen LogP) is -6.84. The molecule has 2 unspecified atom stereocenters. The Bertz CT molecular complexity index is 3740. The molecule has 2 aromatic rings. The van der Waals surface area contributed by atoms with Gasteiger partial charge in [0, 0.05) is 78.3 Å². The largest absolute Gasteiger partial charge is 0.508 e. The number of nitrogens with zero attached hydrogens (tertiary/aromatic N) is 8. The fourth-order valence-corrected chi connectivity index (χ4v) is 14.2. The number of benzene rings is 2. The van der Waals surface area contributed by atoms with Crippen molar-refractivity contribution in [3.8, 4) is 11.5 Å². The highest BCUT2D eigenvalue weighted by Gasteiger charge is 2.44. The average Bonchev–Trinajstić information content (AvgIpc) is 1.21. The summed E-state index contributed by atoms with van der Waals surface area (Å²) in [6.07, 6.45) is -4.78. The maximum atomic E-state index is 15.3. The highest BCUT2D eigenvalue weighted by atomic mass is 16.7. The Hall–Kier alpha value is -12.1. The van der Waals surface area contributed by atoms with Gasteiger partial charge < -0.3 is 127 Å². The Morgan fingerprint density at radius 2 is 0.762 bits per heavy atom. The van der Waals surface area contributed by atoms with E-state index in [1.807, 2.05) is 0 Å². The second-order valence-electron chi connectivity index (χ2n) is 29.9. The molecule has 0 aliphatic carbocycles. The summed E-state index contributed by atoms with van der Waals surface area (Å²) in [5, 5.41) is 81.7. The number of fused-ring (bicyclic) bond motifs is 3. The summed E-state index contributed by atoms with van der Waals surface area (Å²) in [4.78, 5) is 251. The fourth-order valence-electron chi connectivity index (χ4n) is 14.2. The van der Waals surface area contributed by atoms with Crippen LogP contribution in [0.15, 0.2) is 58.5 Å². The number of aliphatic carboxylic acids is 4. The highest BCUT2D eigenvalue weighted by Crippen LogP contribution is 2.24. The van der Waals surface area contributed by atoms with Crippen LogP contribution in [0.5, 0.6) is 11.5 Å². The molecule has 26 N–H and O–H groups in total. The van der Waals surface area contributed by atoms with Gasteiger partial charge in [0.05, 0.1) is 38.8 Å². The number of aromatic hydroxyl groups is 2. The molecule has 4 saturated heterocycles. The van der Waals surface area contributed by atoms with Crippen molar-refractivity contribution in [3.05, 3.63) is 59.7 Å². The van der Waals surface area contributed by atoms with Gasteiger partial charge in [0.25, 0.3) is 11.8 Å². The lowest BCUT2D eigenvalue weighted by molar-refractivity contribution is -0.210. The highest BCUT2D eigenvalue weighted by molar-refractivity contribution is 6.00. The third-order valence-electron chi connectivity index (χ3n) is 20.6. The van der Waals surface area contributed by atoms with Crippen LogP contribution in [0.3, 0.4) is 0 Å². The van der Waals surface area contributed by atoms with Crippen molar-refractivity contribution < 1.29 is 117 Å². The second kappa shape index (κ2) is 50.8. The monoisotopic (exact) mass is 1720 g/mol. The molecular weight excluding hydrogens is 1600 g/mol. The lowest BCUT2D eigenvalue weighted by atomic mass is 10.0. The molecule has 4 heterocycles. The zero-order valence-corrected chi connectivity index (χ0v) is 67.9. The van der Waals surface area contributed by atoms with Gasteiger partial charge in [-0.25, -0.2) is 9.59 Å². The summed E-state index contributed by atoms with van der Waals surface area (Å²) in [6.45, 7) is 0.679. The number of phenolic OH excluding ortho intramolecular Hbond substituents is 2. The molecule has 4 aliphatic rings. The van der Waals surface area contributed by atoms with E-state index in [9.17, 15) is 97.8 Å². The predicted molar refractivity (Wildman–Crippen MR) is 431 cm³/mol. The standard InChI is InChI=1S/C76H116N22O24/c77-25-3-1-9-49-71(115)97(55(11-5-27-83-75(79)80)69(113)85-43-59(101)87-53(41-61(103)104)67(111)91-51(65(109)89-49)39-45-13-17-47(99)18-14-45)121-63(107)23-21-57(73(117)118)95-31-7-29-94-34-33-93(35-37-95)30-8-32-96(38-36-94)58(74(119)120)22-24-64(108)122-98-56(12-6-28-84-76(81)82)70(114)86-44-60(102)88-54(42-62(105)106)68(112)92-52(40-46-15-19-48(100)20-16-46)66(110)90-50(72(98)116)10-2-4-26-78/h13-20,49-58,99-100H,1-12,21-44,77-78H2,(H,85,113)(H,86,114)(H,87,101)(H,88,102)(H,89,109)(H,90,110)(H,91,111)(H,92,112)(H,103,104)(H,105,106)(H,117,118)(H,119,120)(H4,79,80,83)(H4,81,82,84)/t49-,50-,51+,52+,53-,54-,55-,56-,57-,58+/m0/s1. The first kappa shape index (κ1) is 98.7. The summed E-state index contributed by atoms with van der Waals surface area (Å²) in [5.74, 6) is -20.3. The maximum absolute atomic E-state index is 15.3. The Labute approximate surface area is 702 Å². The minimum Gasteiger partial charge on any atom is -0.508 e. The number of unbranched alkanes of at least 4 members (excludes halogenated alkanes) is 2. The quantitative estimate of drug-likeness (QED) is 0.0171. The lowest BCUT2D eigenvalue weighted by Gasteiger charge is -2.38. The van der Waals surface area contributed by atoms with Crippen LogP contribution in [0, 0.1) is 0 Å². The molecule has 122 heavy (non-hydrogen) atoms. The van der Waals surface area contributed by atoms with E-state index in [4.69, 9.17) is 44.1 Å². The number of aliphatic imine (C=N–C) groups is 2. The molecule has 674 valence electrons. The number of amides is 10. The summed E-state index contributed by atoms with van der Waals surface area (Å²) in [6, 6.07) is -5.74. The van der Waals surface area contributed by atoms with E-state index in [0.717, 1.165) is 0 Å². The third kappa shape index (κ3) is 33.8. The number of carboxylic acids is 4. The van der Waals surface area contributed by atoms with Crippen molar-refractivity contribution in [1.29, 1.82) is 0 Å². The number of carboxylic acid groups (broad SMARTS) is 4. The SMILES string of the molecule is NCCCC[C@@H]1NC(=O)[C@@H](Cc2ccc(O)cc2)NC(=O)[C@H](CC(=O)O)NC(=O)CNC(=O)[C@H](CCCN=C(N)N)N(OC(=O)CC[C@H](C(=O)O)N2CCCN3CCN(CCCN([C@@H](CCC(=O)ON4C(=O)[C@H](CCCCN)NC(=O)[C@@H](Cc5ccc(O)cc5)NC(=O)[C@H](CC(=O)O)NC(=O)CNC(=O)[C@@H]4CCCN=C(N)N)C(=O)O)CC3)CC2)C1=O. The van der Waals surface area contributed by atoms with Gasteiger partial charge in [-0.1, -0.05) is 24.3 Å². The normalized spacial score (nSPS) is 23.2. The van der Waals surface area contributed by atoms with Crippen LogP contribution in [-0.4, -0.2) is 332 Å². The molecule has 2 bridgehead atoms.